The van der Waals surface area contributed by atoms with E-state index in [2.05, 4.69) is 191 Å². The van der Waals surface area contributed by atoms with Gasteiger partial charge in [-0.25, -0.2) is 0 Å². The zero-order chi connectivity index (χ0) is 43.1. The van der Waals surface area contributed by atoms with Gasteiger partial charge in [0.25, 0.3) is 0 Å². The van der Waals surface area contributed by atoms with Crippen molar-refractivity contribution in [2.24, 2.45) is 0 Å². The molecule has 0 aliphatic heterocycles. The summed E-state index contributed by atoms with van der Waals surface area (Å²) in [5.74, 6) is 0. The van der Waals surface area contributed by atoms with Crippen LogP contribution in [0.1, 0.15) is 87.8 Å². The van der Waals surface area contributed by atoms with Crippen LogP contribution in [0.5, 0.6) is 0 Å². The smallest absolute Gasteiger partial charge is 0.0702 e. The number of aryl methyl sites for hydroxylation is 3. The van der Waals surface area contributed by atoms with Gasteiger partial charge in [0.2, 0.25) is 0 Å². The number of rotatable bonds is 18. The summed E-state index contributed by atoms with van der Waals surface area (Å²) in [5, 5.41) is 5.32. The summed E-state index contributed by atoms with van der Waals surface area (Å²) in [5.41, 5.74) is 16.4. The third-order valence-electron chi connectivity index (χ3n) is 13.4. The number of hydrogen-bond acceptors (Lipinski definition) is 1. The first kappa shape index (κ1) is 41.3. The zero-order valence-electron chi connectivity index (χ0n) is 37.4. The first-order valence-electron chi connectivity index (χ1n) is 24.0. The van der Waals surface area contributed by atoms with Gasteiger partial charge in [0.05, 0.1) is 27.8 Å². The summed E-state index contributed by atoms with van der Waals surface area (Å²) in [7, 11) is 0. The molecule has 0 unspecified atom stereocenters. The van der Waals surface area contributed by atoms with Gasteiger partial charge in [-0.3, -0.25) is 4.98 Å². The predicted octanol–water partition coefficient (Wildman–Crippen LogP) is 16.9. The Hall–Kier alpha value is -6.71. The molecule has 0 bridgehead atoms. The number of pyridine rings is 1. The molecule has 10 rings (SSSR count). The van der Waals surface area contributed by atoms with Crippen molar-refractivity contribution in [3.63, 3.8) is 0 Å². The molecule has 0 radical (unpaired) electrons. The SMILES string of the molecule is CCCCCCCCc1ccc2c(c1)c1ccccc1n2-c1ccc(-c2ccc(-n3c4ccccc4c4cc(CCCCCCc5cccc(-c6ccccn6)c5)ccc43)cc2)cc1. The third kappa shape index (κ3) is 8.77. The van der Waals surface area contributed by atoms with E-state index in [-0.39, 0.29) is 0 Å². The van der Waals surface area contributed by atoms with Crippen molar-refractivity contribution < 1.29 is 0 Å². The lowest BCUT2D eigenvalue weighted by molar-refractivity contribution is 0.607. The Morgan fingerprint density at radius 2 is 0.812 bits per heavy atom. The fourth-order valence-electron chi connectivity index (χ4n) is 10.1. The highest BCUT2D eigenvalue weighted by Gasteiger charge is 2.15. The molecule has 3 nitrogen and oxygen atoms in total. The Balaban J connectivity index is 0.813. The Bertz CT molecular complexity index is 3130. The van der Waals surface area contributed by atoms with Crippen LogP contribution in [0.2, 0.25) is 0 Å². The molecule has 3 heteroatoms. The number of para-hydroxylation sites is 2. The topological polar surface area (TPSA) is 22.8 Å². The second kappa shape index (κ2) is 19.4. The molecule has 0 aliphatic carbocycles. The maximum atomic E-state index is 4.54. The molecule has 0 spiro atoms. The minimum Gasteiger partial charge on any atom is -0.309 e. The highest BCUT2D eigenvalue weighted by Crippen LogP contribution is 2.36. The molecule has 0 aliphatic rings. The van der Waals surface area contributed by atoms with Crippen molar-refractivity contribution in [3.05, 3.63) is 199 Å². The van der Waals surface area contributed by atoms with E-state index in [0.717, 1.165) is 25.0 Å². The molecule has 7 aromatic carbocycles. The van der Waals surface area contributed by atoms with E-state index in [1.54, 1.807) is 0 Å². The van der Waals surface area contributed by atoms with Crippen molar-refractivity contribution in [1.29, 1.82) is 0 Å². The van der Waals surface area contributed by atoms with Crippen molar-refractivity contribution in [3.8, 4) is 33.8 Å². The van der Waals surface area contributed by atoms with Crippen LogP contribution in [-0.2, 0) is 19.3 Å². The lowest BCUT2D eigenvalue weighted by atomic mass is 10.0. The second-order valence-electron chi connectivity index (χ2n) is 17.8. The average molecular weight is 834 g/mol. The highest BCUT2D eigenvalue weighted by atomic mass is 15.0. The van der Waals surface area contributed by atoms with Gasteiger partial charge in [-0.05, 0) is 145 Å². The molecular weight excluding hydrogens is 775 g/mol. The van der Waals surface area contributed by atoms with Gasteiger partial charge >= 0.3 is 0 Å². The Kier molecular flexibility index (Phi) is 12.5. The van der Waals surface area contributed by atoms with E-state index in [0.29, 0.717) is 0 Å². The van der Waals surface area contributed by atoms with Gasteiger partial charge in [-0.2, -0.15) is 0 Å². The number of nitrogens with zero attached hydrogens (tertiary/aromatic N) is 3. The summed E-state index contributed by atoms with van der Waals surface area (Å²) in [6, 6.07) is 65.3. The predicted molar refractivity (Wildman–Crippen MR) is 273 cm³/mol. The number of aromatic nitrogens is 3. The van der Waals surface area contributed by atoms with E-state index in [1.165, 1.54) is 153 Å². The maximum Gasteiger partial charge on any atom is 0.0702 e. The van der Waals surface area contributed by atoms with Crippen LogP contribution in [0.25, 0.3) is 77.4 Å². The molecule has 0 N–H and O–H groups in total. The van der Waals surface area contributed by atoms with E-state index >= 15 is 0 Å². The van der Waals surface area contributed by atoms with Crippen LogP contribution < -0.4 is 0 Å². The summed E-state index contributed by atoms with van der Waals surface area (Å²) in [4.78, 5) is 4.54. The molecule has 0 amide bonds. The van der Waals surface area contributed by atoms with Gasteiger partial charge in [0.1, 0.15) is 0 Å². The van der Waals surface area contributed by atoms with Crippen molar-refractivity contribution in [2.45, 2.75) is 90.4 Å². The van der Waals surface area contributed by atoms with Gasteiger partial charge in [-0.1, -0.05) is 149 Å². The summed E-state index contributed by atoms with van der Waals surface area (Å²) in [6.45, 7) is 2.29. The van der Waals surface area contributed by atoms with Crippen LogP contribution in [0.15, 0.2) is 182 Å². The van der Waals surface area contributed by atoms with Crippen LogP contribution in [0, 0.1) is 0 Å². The fraction of sp³-hybridized carbons (Fsp3) is 0.230. The zero-order valence-corrected chi connectivity index (χ0v) is 37.4. The molecule has 10 aromatic rings. The number of fused-ring (bicyclic) bond motifs is 6. The van der Waals surface area contributed by atoms with E-state index in [1.807, 2.05) is 12.3 Å². The van der Waals surface area contributed by atoms with Crippen molar-refractivity contribution in [1.82, 2.24) is 14.1 Å². The first-order chi connectivity index (χ1) is 31.7. The van der Waals surface area contributed by atoms with Crippen LogP contribution in [-0.4, -0.2) is 14.1 Å². The lowest BCUT2D eigenvalue weighted by Crippen LogP contribution is -1.95. The summed E-state index contributed by atoms with van der Waals surface area (Å²) < 4.78 is 4.87. The molecule has 64 heavy (non-hydrogen) atoms. The van der Waals surface area contributed by atoms with Crippen LogP contribution >= 0.6 is 0 Å². The van der Waals surface area contributed by atoms with Gasteiger partial charge in [-0.15, -0.1) is 0 Å². The lowest BCUT2D eigenvalue weighted by Gasteiger charge is -2.11. The molecule has 0 saturated heterocycles. The minimum atomic E-state index is 1.04. The van der Waals surface area contributed by atoms with Crippen LogP contribution in [0.4, 0.5) is 0 Å². The molecule has 0 saturated carbocycles. The largest absolute Gasteiger partial charge is 0.309 e. The standard InChI is InChI=1S/C61H59N3/c1-2-3-4-5-6-9-20-46-29-39-60-55(43-46)53-24-12-14-27-58(53)63(60)51-35-31-48(32-36-51)49-33-37-52(38-34-49)64-59-28-15-13-25-54(59)56-44-47(30-40-61(56)64)21-11-8-7-10-19-45-22-18-23-50(42-45)57-26-16-17-41-62-57/h12-18,22-44H,2-11,19-21H2,1H3. The molecule has 318 valence electrons. The Morgan fingerprint density at radius 3 is 1.33 bits per heavy atom. The normalized spacial score (nSPS) is 11.7. The maximum absolute atomic E-state index is 4.54. The number of benzene rings is 7. The fourth-order valence-corrected chi connectivity index (χ4v) is 10.1. The van der Waals surface area contributed by atoms with E-state index in [9.17, 15) is 0 Å². The Morgan fingerprint density at radius 1 is 0.344 bits per heavy atom. The monoisotopic (exact) mass is 833 g/mol. The van der Waals surface area contributed by atoms with E-state index < -0.39 is 0 Å². The van der Waals surface area contributed by atoms with E-state index in [4.69, 9.17) is 0 Å². The molecule has 3 heterocycles. The molecule has 0 fully saturated rings. The molecular formula is C61H59N3. The minimum absolute atomic E-state index is 1.04. The van der Waals surface area contributed by atoms with Gasteiger partial charge in [0, 0.05) is 44.7 Å². The van der Waals surface area contributed by atoms with Gasteiger partial charge < -0.3 is 9.13 Å². The summed E-state index contributed by atoms with van der Waals surface area (Å²) in [6.07, 6.45) is 18.1. The average Bonchev–Trinajstić information content (AvgIpc) is 3.86. The van der Waals surface area contributed by atoms with Crippen molar-refractivity contribution in [2.75, 3.05) is 0 Å². The first-order valence-corrected chi connectivity index (χ1v) is 24.0. The third-order valence-corrected chi connectivity index (χ3v) is 13.4. The second-order valence-corrected chi connectivity index (χ2v) is 17.8. The highest BCUT2D eigenvalue weighted by molar-refractivity contribution is 6.10. The number of unbranched alkanes of at least 4 members (excludes halogenated alkanes) is 8. The van der Waals surface area contributed by atoms with Crippen molar-refractivity contribution >= 4 is 43.6 Å². The number of hydrogen-bond donors (Lipinski definition) is 0. The van der Waals surface area contributed by atoms with Crippen LogP contribution in [0.3, 0.4) is 0 Å². The molecule has 0 atom stereocenters. The Labute approximate surface area is 379 Å². The summed E-state index contributed by atoms with van der Waals surface area (Å²) >= 11 is 0. The molecule has 3 aromatic heterocycles. The quantitative estimate of drug-likeness (QED) is 0.0790. The van der Waals surface area contributed by atoms with Gasteiger partial charge in [0.15, 0.2) is 0 Å².